The van der Waals surface area contributed by atoms with Gasteiger partial charge in [-0.2, -0.15) is 0 Å². The number of aryl methyl sites for hydroxylation is 1. The number of benzene rings is 1. The number of aliphatic imine (C=N–C) groups is 1. The van der Waals surface area contributed by atoms with Crippen molar-refractivity contribution in [2.24, 2.45) is 4.99 Å². The first-order valence-electron chi connectivity index (χ1n) is 9.57. The van der Waals surface area contributed by atoms with Gasteiger partial charge in [-0.25, -0.2) is 0 Å². The summed E-state index contributed by atoms with van der Waals surface area (Å²) in [7, 11) is 3.56. The molecule has 5 nitrogen and oxygen atoms in total. The van der Waals surface area contributed by atoms with Gasteiger partial charge in [-0.15, -0.1) is 24.0 Å². The molecular formula is C20H35IN4O. The van der Waals surface area contributed by atoms with Gasteiger partial charge in [0.2, 0.25) is 0 Å². The van der Waals surface area contributed by atoms with E-state index < -0.39 is 0 Å². The summed E-state index contributed by atoms with van der Waals surface area (Å²) < 4.78 is 5.28. The molecule has 0 amide bonds. The number of halogens is 1. The number of nitrogens with zero attached hydrogens (tertiary/aromatic N) is 2. The average Bonchev–Trinajstić information content (AvgIpc) is 2.66. The highest BCUT2D eigenvalue weighted by Crippen LogP contribution is 2.13. The molecule has 1 saturated heterocycles. The van der Waals surface area contributed by atoms with Crippen LogP contribution in [0, 0.1) is 0 Å². The highest BCUT2D eigenvalue weighted by molar-refractivity contribution is 14.0. The molecule has 0 aliphatic carbocycles. The van der Waals surface area contributed by atoms with Gasteiger partial charge in [0.15, 0.2) is 5.96 Å². The first-order chi connectivity index (χ1) is 12.2. The zero-order chi connectivity index (χ0) is 17.9. The van der Waals surface area contributed by atoms with E-state index in [1.807, 2.05) is 19.2 Å². The highest BCUT2D eigenvalue weighted by atomic mass is 127. The molecule has 1 aromatic rings. The van der Waals surface area contributed by atoms with E-state index in [-0.39, 0.29) is 24.0 Å². The van der Waals surface area contributed by atoms with Crippen molar-refractivity contribution < 1.29 is 4.74 Å². The van der Waals surface area contributed by atoms with Crippen LogP contribution < -0.4 is 15.4 Å². The first-order valence-corrected chi connectivity index (χ1v) is 9.57. The predicted octanol–water partition coefficient (Wildman–Crippen LogP) is 3.29. The largest absolute Gasteiger partial charge is 0.497 e. The number of likely N-dealkylation sites (tertiary alicyclic amines) is 1. The van der Waals surface area contributed by atoms with Crippen LogP contribution in [-0.2, 0) is 6.42 Å². The molecule has 1 aromatic carbocycles. The second-order valence-corrected chi connectivity index (χ2v) is 6.71. The number of guanidine groups is 1. The summed E-state index contributed by atoms with van der Waals surface area (Å²) in [6.07, 6.45) is 5.75. The van der Waals surface area contributed by atoms with E-state index >= 15 is 0 Å². The quantitative estimate of drug-likeness (QED) is 0.263. The molecule has 0 saturated carbocycles. The molecule has 1 heterocycles. The van der Waals surface area contributed by atoms with Crippen LogP contribution >= 0.6 is 24.0 Å². The molecule has 1 aliphatic rings. The van der Waals surface area contributed by atoms with Crippen LogP contribution in [0.1, 0.15) is 38.2 Å². The predicted molar refractivity (Wildman–Crippen MR) is 121 cm³/mol. The molecule has 0 aromatic heterocycles. The van der Waals surface area contributed by atoms with E-state index in [9.17, 15) is 0 Å². The zero-order valence-corrected chi connectivity index (χ0v) is 18.8. The molecule has 0 unspecified atom stereocenters. The summed E-state index contributed by atoms with van der Waals surface area (Å²) in [4.78, 5) is 6.93. The monoisotopic (exact) mass is 474 g/mol. The fourth-order valence-electron chi connectivity index (χ4n) is 3.33. The lowest BCUT2D eigenvalue weighted by Crippen LogP contribution is -2.48. The Kier molecular flexibility index (Phi) is 11.7. The van der Waals surface area contributed by atoms with Gasteiger partial charge in [-0.3, -0.25) is 4.99 Å². The third kappa shape index (κ3) is 8.12. The van der Waals surface area contributed by atoms with Crippen LogP contribution in [0.5, 0.6) is 5.75 Å². The maximum absolute atomic E-state index is 5.28. The van der Waals surface area contributed by atoms with Gasteiger partial charge in [-0.1, -0.05) is 19.1 Å². The standard InChI is InChI=1S/C20H34N4O.HI/c1-4-13-24-14-10-18(11-15-24)23-20(21-2)22-12-6-8-17-7-5-9-19(16-17)25-3;/h5,7,9,16,18H,4,6,8,10-15H2,1-3H3,(H2,21,22,23);1H. The van der Waals surface area contributed by atoms with E-state index in [4.69, 9.17) is 4.74 Å². The van der Waals surface area contributed by atoms with Crippen molar-refractivity contribution in [2.45, 2.75) is 45.1 Å². The molecule has 148 valence electrons. The average molecular weight is 474 g/mol. The second kappa shape index (κ2) is 13.2. The zero-order valence-electron chi connectivity index (χ0n) is 16.5. The van der Waals surface area contributed by atoms with Crippen molar-refractivity contribution in [3.05, 3.63) is 29.8 Å². The maximum Gasteiger partial charge on any atom is 0.191 e. The van der Waals surface area contributed by atoms with Gasteiger partial charge in [0.1, 0.15) is 5.75 Å². The fourth-order valence-corrected chi connectivity index (χ4v) is 3.33. The number of piperidine rings is 1. The van der Waals surface area contributed by atoms with Gasteiger partial charge >= 0.3 is 0 Å². The SMILES string of the molecule is CCCN1CCC(NC(=NC)NCCCc2cccc(OC)c2)CC1.I. The van der Waals surface area contributed by atoms with Crippen LogP contribution in [0.3, 0.4) is 0 Å². The number of methoxy groups -OCH3 is 1. The first kappa shape index (κ1) is 23.0. The Morgan fingerprint density at radius 2 is 2.08 bits per heavy atom. The van der Waals surface area contributed by atoms with Gasteiger partial charge < -0.3 is 20.3 Å². The lowest BCUT2D eigenvalue weighted by Gasteiger charge is -2.32. The smallest absolute Gasteiger partial charge is 0.191 e. The van der Waals surface area contributed by atoms with Crippen molar-refractivity contribution in [1.82, 2.24) is 15.5 Å². The van der Waals surface area contributed by atoms with Crippen molar-refractivity contribution >= 4 is 29.9 Å². The third-order valence-electron chi connectivity index (χ3n) is 4.76. The summed E-state index contributed by atoms with van der Waals surface area (Å²) in [5, 5.41) is 7.02. The summed E-state index contributed by atoms with van der Waals surface area (Å²) in [5.74, 6) is 1.86. The summed E-state index contributed by atoms with van der Waals surface area (Å²) in [6.45, 7) is 6.79. The molecule has 1 aliphatic heterocycles. The Morgan fingerprint density at radius 1 is 1.31 bits per heavy atom. The molecule has 2 rings (SSSR count). The number of hydrogen-bond donors (Lipinski definition) is 2. The molecule has 6 heteroatoms. The van der Waals surface area contributed by atoms with Crippen LogP contribution in [0.15, 0.2) is 29.3 Å². The van der Waals surface area contributed by atoms with Gasteiger partial charge in [0.05, 0.1) is 7.11 Å². The fraction of sp³-hybridized carbons (Fsp3) is 0.650. The molecule has 2 N–H and O–H groups in total. The molecule has 0 atom stereocenters. The van der Waals surface area contributed by atoms with E-state index in [1.54, 1.807) is 7.11 Å². The number of rotatable bonds is 8. The second-order valence-electron chi connectivity index (χ2n) is 6.71. The van der Waals surface area contributed by atoms with Crippen LogP contribution in [0.4, 0.5) is 0 Å². The van der Waals surface area contributed by atoms with Gasteiger partial charge in [-0.05, 0) is 56.3 Å². The number of ether oxygens (including phenoxy) is 1. The molecule has 1 fully saturated rings. The molecule has 0 radical (unpaired) electrons. The maximum atomic E-state index is 5.28. The van der Waals surface area contributed by atoms with Crippen LogP contribution in [0.2, 0.25) is 0 Å². The van der Waals surface area contributed by atoms with E-state index in [2.05, 4.69) is 39.6 Å². The Labute approximate surface area is 176 Å². The summed E-state index contributed by atoms with van der Waals surface area (Å²) >= 11 is 0. The Morgan fingerprint density at radius 3 is 2.73 bits per heavy atom. The summed E-state index contributed by atoms with van der Waals surface area (Å²) in [5.41, 5.74) is 1.31. The Balaban J connectivity index is 0.00000338. The van der Waals surface area contributed by atoms with Crippen molar-refractivity contribution in [3.8, 4) is 5.75 Å². The molecule has 0 spiro atoms. The highest BCUT2D eigenvalue weighted by Gasteiger charge is 2.19. The van der Waals surface area contributed by atoms with Crippen molar-refractivity contribution in [1.29, 1.82) is 0 Å². The lowest BCUT2D eigenvalue weighted by molar-refractivity contribution is 0.206. The molecule has 26 heavy (non-hydrogen) atoms. The minimum absolute atomic E-state index is 0. The normalized spacial score (nSPS) is 16.0. The summed E-state index contributed by atoms with van der Waals surface area (Å²) in [6, 6.07) is 8.83. The van der Waals surface area contributed by atoms with Gasteiger partial charge in [0.25, 0.3) is 0 Å². The minimum atomic E-state index is 0. The lowest BCUT2D eigenvalue weighted by atomic mass is 10.1. The molecule has 0 bridgehead atoms. The van der Waals surface area contributed by atoms with Crippen LogP contribution in [0.25, 0.3) is 0 Å². The van der Waals surface area contributed by atoms with E-state index in [0.29, 0.717) is 6.04 Å². The van der Waals surface area contributed by atoms with Crippen molar-refractivity contribution in [2.75, 3.05) is 40.3 Å². The molecular weight excluding hydrogens is 439 g/mol. The topological polar surface area (TPSA) is 48.9 Å². The minimum Gasteiger partial charge on any atom is -0.497 e. The Bertz CT molecular complexity index is 530. The number of hydrogen-bond acceptors (Lipinski definition) is 3. The van der Waals surface area contributed by atoms with E-state index in [1.165, 1.54) is 44.5 Å². The van der Waals surface area contributed by atoms with Crippen LogP contribution in [-0.4, -0.2) is 57.2 Å². The van der Waals surface area contributed by atoms with Gasteiger partial charge in [0, 0.05) is 32.7 Å². The third-order valence-corrected chi connectivity index (χ3v) is 4.76. The Hall–Kier alpha value is -1.02. The van der Waals surface area contributed by atoms with Crippen molar-refractivity contribution in [3.63, 3.8) is 0 Å². The van der Waals surface area contributed by atoms with E-state index in [0.717, 1.165) is 31.1 Å². The number of nitrogens with one attached hydrogen (secondary N) is 2.